The number of carbonyl (C=O) groups is 1. The third-order valence-corrected chi connectivity index (χ3v) is 5.81. The second-order valence-corrected chi connectivity index (χ2v) is 7.91. The molecule has 6 nitrogen and oxygen atoms in total. The molecule has 4 rings (SSSR count). The van der Waals surface area contributed by atoms with Crippen LogP contribution in [0.2, 0.25) is 5.02 Å². The first-order valence-electron chi connectivity index (χ1n) is 9.00. The molecule has 0 unspecified atom stereocenters. The molecule has 0 bridgehead atoms. The summed E-state index contributed by atoms with van der Waals surface area (Å²) < 4.78 is 1.79. The summed E-state index contributed by atoms with van der Waals surface area (Å²) in [6.07, 6.45) is 0. The van der Waals surface area contributed by atoms with Crippen LogP contribution in [0.25, 0.3) is 10.6 Å². The molecule has 1 N–H and O–H groups in total. The van der Waals surface area contributed by atoms with Crippen molar-refractivity contribution in [2.24, 2.45) is 0 Å². The van der Waals surface area contributed by atoms with E-state index in [1.54, 1.807) is 4.68 Å². The van der Waals surface area contributed by atoms with Crippen molar-refractivity contribution < 1.29 is 4.79 Å². The number of amides is 1. The molecule has 1 amide bonds. The van der Waals surface area contributed by atoms with E-state index >= 15 is 0 Å². The van der Waals surface area contributed by atoms with Gasteiger partial charge in [0.1, 0.15) is 5.01 Å². The maximum absolute atomic E-state index is 12.9. The van der Waals surface area contributed by atoms with Crippen molar-refractivity contribution in [1.29, 1.82) is 0 Å². The molecule has 0 aliphatic heterocycles. The van der Waals surface area contributed by atoms with Crippen molar-refractivity contribution in [3.05, 3.63) is 82.1 Å². The number of hydrogen-bond acceptors (Lipinski definition) is 5. The van der Waals surface area contributed by atoms with E-state index in [0.29, 0.717) is 28.0 Å². The number of benzene rings is 2. The molecule has 0 fully saturated rings. The lowest BCUT2D eigenvalue weighted by molar-refractivity contribution is 0.102. The molecule has 2 heterocycles. The summed E-state index contributed by atoms with van der Waals surface area (Å²) in [4.78, 5) is 12.9. The van der Waals surface area contributed by atoms with Crippen LogP contribution in [-0.2, 0) is 6.54 Å². The average molecular weight is 424 g/mol. The Balaban J connectivity index is 1.54. The zero-order valence-corrected chi connectivity index (χ0v) is 17.5. The van der Waals surface area contributed by atoms with Gasteiger partial charge in [0.25, 0.3) is 5.91 Å². The monoisotopic (exact) mass is 423 g/mol. The van der Waals surface area contributed by atoms with Crippen LogP contribution in [0.3, 0.4) is 0 Å². The predicted octanol–water partition coefficient (Wildman–Crippen LogP) is 4.97. The minimum atomic E-state index is -0.249. The van der Waals surface area contributed by atoms with Gasteiger partial charge in [0.15, 0.2) is 0 Å². The van der Waals surface area contributed by atoms with Gasteiger partial charge in [-0.2, -0.15) is 5.10 Å². The van der Waals surface area contributed by atoms with E-state index in [4.69, 9.17) is 11.6 Å². The van der Waals surface area contributed by atoms with Gasteiger partial charge < -0.3 is 0 Å². The second kappa shape index (κ2) is 8.14. The maximum atomic E-state index is 12.9. The Bertz CT molecular complexity index is 1170. The molecule has 29 heavy (non-hydrogen) atoms. The molecule has 0 aliphatic rings. The molecule has 0 spiro atoms. The molecule has 0 atom stereocenters. The number of nitrogens with one attached hydrogen (secondary N) is 1. The fourth-order valence-corrected chi connectivity index (χ4v) is 4.04. The van der Waals surface area contributed by atoms with Gasteiger partial charge in [0.05, 0.1) is 17.8 Å². The molecule has 146 valence electrons. The molecule has 0 saturated heterocycles. The molecule has 2 aromatic carbocycles. The summed E-state index contributed by atoms with van der Waals surface area (Å²) in [6.45, 7) is 4.19. The Morgan fingerprint density at radius 1 is 1.07 bits per heavy atom. The van der Waals surface area contributed by atoms with Gasteiger partial charge in [-0.3, -0.25) is 14.8 Å². The summed E-state index contributed by atoms with van der Waals surface area (Å²) in [5, 5.41) is 17.5. The maximum Gasteiger partial charge on any atom is 0.261 e. The highest BCUT2D eigenvalue weighted by atomic mass is 35.5. The van der Waals surface area contributed by atoms with E-state index in [1.165, 1.54) is 11.3 Å². The summed E-state index contributed by atoms with van der Waals surface area (Å²) in [6, 6.07) is 17.3. The van der Waals surface area contributed by atoms with Gasteiger partial charge in [-0.15, -0.1) is 10.2 Å². The standard InChI is InChI=1S/C21H18ClN5OS/c1-13-18(14(2)27(26-13)12-16-10-6-7-11-17(16)22)19(28)23-21-25-24-20(29-21)15-8-4-3-5-9-15/h3-11H,12H2,1-2H3,(H,23,25,28). The Hall–Kier alpha value is -3.03. The summed E-state index contributed by atoms with van der Waals surface area (Å²) in [5.74, 6) is -0.249. The van der Waals surface area contributed by atoms with E-state index < -0.39 is 0 Å². The number of halogens is 1. The number of carbonyl (C=O) groups excluding carboxylic acids is 1. The van der Waals surface area contributed by atoms with Crippen molar-refractivity contribution in [2.45, 2.75) is 20.4 Å². The lowest BCUT2D eigenvalue weighted by atomic mass is 10.2. The molecule has 0 radical (unpaired) electrons. The lowest BCUT2D eigenvalue weighted by Crippen LogP contribution is -2.14. The first-order valence-corrected chi connectivity index (χ1v) is 10.2. The smallest absolute Gasteiger partial charge is 0.261 e. The molecule has 0 saturated carbocycles. The van der Waals surface area contributed by atoms with Crippen LogP contribution in [0.1, 0.15) is 27.3 Å². The van der Waals surface area contributed by atoms with Crippen LogP contribution in [0.4, 0.5) is 5.13 Å². The number of aryl methyl sites for hydroxylation is 1. The average Bonchev–Trinajstić information content (AvgIpc) is 3.28. The topological polar surface area (TPSA) is 72.7 Å². The predicted molar refractivity (Wildman–Crippen MR) is 116 cm³/mol. The highest BCUT2D eigenvalue weighted by molar-refractivity contribution is 7.18. The van der Waals surface area contributed by atoms with Gasteiger partial charge >= 0.3 is 0 Å². The van der Waals surface area contributed by atoms with Gasteiger partial charge in [-0.25, -0.2) is 0 Å². The van der Waals surface area contributed by atoms with Crippen LogP contribution in [-0.4, -0.2) is 25.9 Å². The Labute approximate surface area is 177 Å². The summed E-state index contributed by atoms with van der Waals surface area (Å²) in [5.41, 5.74) is 3.87. The van der Waals surface area contributed by atoms with E-state index in [0.717, 1.165) is 21.8 Å². The zero-order valence-electron chi connectivity index (χ0n) is 15.9. The fourth-order valence-electron chi connectivity index (χ4n) is 3.10. The lowest BCUT2D eigenvalue weighted by Gasteiger charge is -2.07. The van der Waals surface area contributed by atoms with Crippen molar-refractivity contribution in [3.8, 4) is 10.6 Å². The number of aromatic nitrogens is 4. The van der Waals surface area contributed by atoms with Crippen LogP contribution >= 0.6 is 22.9 Å². The van der Waals surface area contributed by atoms with Gasteiger partial charge in [0, 0.05) is 16.3 Å². The minimum absolute atomic E-state index is 0.249. The first-order chi connectivity index (χ1) is 14.0. The number of nitrogens with zero attached hydrogens (tertiary/aromatic N) is 4. The number of anilines is 1. The van der Waals surface area contributed by atoms with Gasteiger partial charge in [-0.05, 0) is 25.5 Å². The Kier molecular flexibility index (Phi) is 5.42. The molecular weight excluding hydrogens is 406 g/mol. The minimum Gasteiger partial charge on any atom is -0.296 e. The fraction of sp³-hybridized carbons (Fsp3) is 0.143. The van der Waals surface area contributed by atoms with E-state index in [2.05, 4.69) is 20.6 Å². The number of rotatable bonds is 5. The molecule has 8 heteroatoms. The van der Waals surface area contributed by atoms with Gasteiger partial charge in [0.2, 0.25) is 5.13 Å². The first kappa shape index (κ1) is 19.3. The summed E-state index contributed by atoms with van der Waals surface area (Å²) >= 11 is 7.59. The normalized spacial score (nSPS) is 10.9. The molecular formula is C21H18ClN5OS. The van der Waals surface area contributed by atoms with E-state index in [1.807, 2.05) is 68.4 Å². The third-order valence-electron chi connectivity index (χ3n) is 4.55. The number of hydrogen-bond donors (Lipinski definition) is 1. The Morgan fingerprint density at radius 3 is 2.55 bits per heavy atom. The van der Waals surface area contributed by atoms with Crippen molar-refractivity contribution in [3.63, 3.8) is 0 Å². The van der Waals surface area contributed by atoms with Crippen molar-refractivity contribution >= 4 is 34.0 Å². The third kappa shape index (κ3) is 4.06. The molecule has 4 aromatic rings. The zero-order chi connectivity index (χ0) is 20.4. The largest absolute Gasteiger partial charge is 0.296 e. The van der Waals surface area contributed by atoms with Crippen molar-refractivity contribution in [2.75, 3.05) is 5.32 Å². The summed E-state index contributed by atoms with van der Waals surface area (Å²) in [7, 11) is 0. The van der Waals surface area contributed by atoms with Crippen LogP contribution in [0.15, 0.2) is 54.6 Å². The van der Waals surface area contributed by atoms with Crippen molar-refractivity contribution in [1.82, 2.24) is 20.0 Å². The highest BCUT2D eigenvalue weighted by Crippen LogP contribution is 2.27. The SMILES string of the molecule is Cc1nn(Cc2ccccc2Cl)c(C)c1C(=O)Nc1nnc(-c2ccccc2)s1. The van der Waals surface area contributed by atoms with E-state index in [-0.39, 0.29) is 5.91 Å². The Morgan fingerprint density at radius 2 is 1.79 bits per heavy atom. The van der Waals surface area contributed by atoms with Crippen LogP contribution in [0, 0.1) is 13.8 Å². The molecule has 0 aliphatic carbocycles. The van der Waals surface area contributed by atoms with Gasteiger partial charge in [-0.1, -0.05) is 71.5 Å². The highest BCUT2D eigenvalue weighted by Gasteiger charge is 2.20. The molecule has 2 aromatic heterocycles. The second-order valence-electron chi connectivity index (χ2n) is 6.53. The van der Waals surface area contributed by atoms with E-state index in [9.17, 15) is 4.79 Å². The van der Waals surface area contributed by atoms with Crippen LogP contribution in [0.5, 0.6) is 0 Å². The quantitative estimate of drug-likeness (QED) is 0.491. The van der Waals surface area contributed by atoms with Crippen LogP contribution < -0.4 is 5.32 Å².